The quantitative estimate of drug-likeness (QED) is 0.826. The van der Waals surface area contributed by atoms with Crippen molar-refractivity contribution in [3.8, 4) is 5.75 Å². The molecule has 1 unspecified atom stereocenters. The number of carbonyl (C=O) groups is 1. The van der Waals surface area contributed by atoms with E-state index in [1.165, 1.54) is 18.5 Å². The van der Waals surface area contributed by atoms with Crippen LogP contribution in [0.25, 0.3) is 0 Å². The normalized spacial score (nSPS) is 17.8. The maximum Gasteiger partial charge on any atom is 0.341 e. The number of carboxylic acid groups (broad SMARTS) is 1. The van der Waals surface area contributed by atoms with Crippen molar-refractivity contribution < 1.29 is 14.6 Å². The van der Waals surface area contributed by atoms with E-state index >= 15 is 0 Å². The minimum absolute atomic E-state index is 0.307. The first-order valence-corrected chi connectivity index (χ1v) is 9.17. The van der Waals surface area contributed by atoms with Crippen molar-refractivity contribution in [2.45, 2.75) is 32.7 Å². The lowest BCUT2D eigenvalue weighted by atomic mass is 9.92. The minimum atomic E-state index is -0.955. The van der Waals surface area contributed by atoms with E-state index in [9.17, 15) is 4.79 Å². The molecule has 0 bridgehead atoms. The van der Waals surface area contributed by atoms with Gasteiger partial charge >= 0.3 is 5.97 Å². The number of likely N-dealkylation sites (tertiary alicyclic amines) is 1. The summed E-state index contributed by atoms with van der Waals surface area (Å²) in [6.45, 7) is 4.60. The van der Waals surface area contributed by atoms with E-state index in [0.717, 1.165) is 37.3 Å². The van der Waals surface area contributed by atoms with Crippen LogP contribution in [0.15, 0.2) is 42.5 Å². The number of hydrogen-bond acceptors (Lipinski definition) is 4. The Labute approximate surface area is 154 Å². The molecule has 2 aromatic rings. The predicted octanol–water partition coefficient (Wildman–Crippen LogP) is 3.31. The maximum atomic E-state index is 10.8. The fraction of sp³-hybridized carbons (Fsp3) is 0.429. The van der Waals surface area contributed by atoms with Gasteiger partial charge in [-0.3, -0.25) is 9.88 Å². The fourth-order valence-corrected chi connectivity index (χ4v) is 3.63. The van der Waals surface area contributed by atoms with Crippen molar-refractivity contribution in [2.75, 3.05) is 19.7 Å². The van der Waals surface area contributed by atoms with Crippen LogP contribution in [0.4, 0.5) is 0 Å². The molecule has 1 aliphatic rings. The number of benzene rings is 1. The third-order valence-electron chi connectivity index (χ3n) is 4.76. The molecule has 138 valence electrons. The molecular formula is C21H26N2O3. The standard InChI is InChI=1S/C21H26N2O3/c1-16-6-4-9-19(22-16)12-17-7-5-11-23(13-17)14-18-8-2-3-10-20(18)26-15-21(24)25/h2-4,6,8-10,17H,5,7,11-15H2,1H3,(H,24,25). The van der Waals surface area contributed by atoms with Gasteiger partial charge in [0, 0.05) is 30.0 Å². The van der Waals surface area contributed by atoms with Crippen molar-refractivity contribution >= 4 is 5.97 Å². The van der Waals surface area contributed by atoms with Crippen LogP contribution in [0.3, 0.4) is 0 Å². The molecule has 2 heterocycles. The SMILES string of the molecule is Cc1cccc(CC2CCCN(Cc3ccccc3OCC(=O)O)C2)n1. The molecule has 1 saturated heterocycles. The smallest absolute Gasteiger partial charge is 0.341 e. The molecular weight excluding hydrogens is 328 g/mol. The molecule has 1 aliphatic heterocycles. The Hall–Kier alpha value is -2.40. The van der Waals surface area contributed by atoms with Gasteiger partial charge in [-0.1, -0.05) is 24.3 Å². The Morgan fingerprint density at radius 3 is 2.92 bits per heavy atom. The topological polar surface area (TPSA) is 62.7 Å². The van der Waals surface area contributed by atoms with Crippen LogP contribution in [-0.2, 0) is 17.8 Å². The molecule has 5 heteroatoms. The zero-order valence-corrected chi connectivity index (χ0v) is 15.2. The molecule has 0 radical (unpaired) electrons. The van der Waals surface area contributed by atoms with Crippen molar-refractivity contribution in [3.05, 3.63) is 59.4 Å². The highest BCUT2D eigenvalue weighted by atomic mass is 16.5. The number of para-hydroxylation sites is 1. The lowest BCUT2D eigenvalue weighted by molar-refractivity contribution is -0.139. The van der Waals surface area contributed by atoms with Crippen LogP contribution in [0.1, 0.15) is 29.8 Å². The summed E-state index contributed by atoms with van der Waals surface area (Å²) < 4.78 is 5.44. The van der Waals surface area contributed by atoms with E-state index in [-0.39, 0.29) is 6.61 Å². The van der Waals surface area contributed by atoms with Crippen LogP contribution in [0.5, 0.6) is 5.75 Å². The Kier molecular flexibility index (Phi) is 6.23. The highest BCUT2D eigenvalue weighted by Crippen LogP contribution is 2.25. The van der Waals surface area contributed by atoms with Gasteiger partial charge < -0.3 is 9.84 Å². The monoisotopic (exact) mass is 354 g/mol. The average molecular weight is 354 g/mol. The molecule has 0 saturated carbocycles. The third-order valence-corrected chi connectivity index (χ3v) is 4.76. The highest BCUT2D eigenvalue weighted by molar-refractivity contribution is 5.68. The van der Waals surface area contributed by atoms with Crippen LogP contribution in [0.2, 0.25) is 0 Å². The minimum Gasteiger partial charge on any atom is -0.482 e. The van der Waals surface area contributed by atoms with Crippen LogP contribution in [-0.4, -0.2) is 40.7 Å². The summed E-state index contributed by atoms with van der Waals surface area (Å²) in [6.07, 6.45) is 3.41. The van der Waals surface area contributed by atoms with E-state index in [1.54, 1.807) is 0 Å². The fourth-order valence-electron chi connectivity index (χ4n) is 3.63. The van der Waals surface area contributed by atoms with Crippen LogP contribution >= 0.6 is 0 Å². The Morgan fingerprint density at radius 2 is 2.12 bits per heavy atom. The summed E-state index contributed by atoms with van der Waals surface area (Å²) >= 11 is 0. The first kappa shape index (κ1) is 18.4. The number of pyridine rings is 1. The summed E-state index contributed by atoms with van der Waals surface area (Å²) in [5, 5.41) is 8.84. The van der Waals surface area contributed by atoms with Gasteiger partial charge in [-0.2, -0.15) is 0 Å². The van der Waals surface area contributed by atoms with Crippen LogP contribution < -0.4 is 4.74 Å². The van der Waals surface area contributed by atoms with E-state index in [2.05, 4.69) is 22.0 Å². The van der Waals surface area contributed by atoms with Crippen molar-refractivity contribution in [1.82, 2.24) is 9.88 Å². The van der Waals surface area contributed by atoms with E-state index in [0.29, 0.717) is 11.7 Å². The first-order valence-electron chi connectivity index (χ1n) is 9.17. The number of piperidine rings is 1. The number of rotatable bonds is 7. The first-order chi connectivity index (χ1) is 12.6. The van der Waals surface area contributed by atoms with Crippen molar-refractivity contribution in [1.29, 1.82) is 0 Å². The Balaban J connectivity index is 1.61. The molecule has 0 aliphatic carbocycles. The lowest BCUT2D eigenvalue weighted by Crippen LogP contribution is -2.36. The van der Waals surface area contributed by atoms with Crippen molar-refractivity contribution in [2.24, 2.45) is 5.92 Å². The molecule has 3 rings (SSSR count). The van der Waals surface area contributed by atoms with Gasteiger partial charge in [0.05, 0.1) is 0 Å². The van der Waals surface area contributed by atoms with Gasteiger partial charge in [-0.15, -0.1) is 0 Å². The molecule has 1 aromatic heterocycles. The number of ether oxygens (including phenoxy) is 1. The number of aromatic nitrogens is 1. The molecule has 1 aromatic carbocycles. The summed E-state index contributed by atoms with van der Waals surface area (Å²) in [5.74, 6) is 0.311. The van der Waals surface area contributed by atoms with E-state index in [4.69, 9.17) is 9.84 Å². The molecule has 0 spiro atoms. The summed E-state index contributed by atoms with van der Waals surface area (Å²) in [7, 11) is 0. The van der Waals surface area contributed by atoms with Gasteiger partial charge in [-0.25, -0.2) is 4.79 Å². The van der Waals surface area contributed by atoms with E-state index < -0.39 is 5.97 Å². The van der Waals surface area contributed by atoms with Crippen molar-refractivity contribution in [3.63, 3.8) is 0 Å². The Bertz CT molecular complexity index is 748. The van der Waals surface area contributed by atoms with Crippen LogP contribution in [0, 0.1) is 12.8 Å². The molecule has 0 amide bonds. The molecule has 5 nitrogen and oxygen atoms in total. The molecule has 26 heavy (non-hydrogen) atoms. The second-order valence-corrected chi connectivity index (χ2v) is 7.01. The number of aliphatic carboxylic acids is 1. The van der Waals surface area contributed by atoms with E-state index in [1.807, 2.05) is 37.3 Å². The second kappa shape index (κ2) is 8.81. The number of hydrogen-bond donors (Lipinski definition) is 1. The third kappa shape index (κ3) is 5.30. The molecule has 1 atom stereocenters. The van der Waals surface area contributed by atoms with Gasteiger partial charge in [0.25, 0.3) is 0 Å². The largest absolute Gasteiger partial charge is 0.482 e. The van der Waals surface area contributed by atoms with Gasteiger partial charge in [0.2, 0.25) is 0 Å². The average Bonchev–Trinajstić information content (AvgIpc) is 2.61. The Morgan fingerprint density at radius 1 is 1.27 bits per heavy atom. The predicted molar refractivity (Wildman–Crippen MR) is 100 cm³/mol. The lowest BCUT2D eigenvalue weighted by Gasteiger charge is -2.33. The number of aryl methyl sites for hydroxylation is 1. The molecule has 1 fully saturated rings. The summed E-state index contributed by atoms with van der Waals surface area (Å²) in [6, 6.07) is 13.9. The zero-order valence-electron chi connectivity index (χ0n) is 15.2. The van der Waals surface area contributed by atoms with Gasteiger partial charge in [0.1, 0.15) is 5.75 Å². The second-order valence-electron chi connectivity index (χ2n) is 7.01. The number of nitrogens with zero attached hydrogens (tertiary/aromatic N) is 2. The molecule has 1 N–H and O–H groups in total. The highest BCUT2D eigenvalue weighted by Gasteiger charge is 2.21. The van der Waals surface area contributed by atoms with Gasteiger partial charge in [-0.05, 0) is 56.8 Å². The summed E-state index contributed by atoms with van der Waals surface area (Å²) in [5.41, 5.74) is 3.28. The van der Waals surface area contributed by atoms with Gasteiger partial charge in [0.15, 0.2) is 6.61 Å². The number of carboxylic acids is 1. The zero-order chi connectivity index (χ0) is 18.4. The maximum absolute atomic E-state index is 10.8. The summed E-state index contributed by atoms with van der Waals surface area (Å²) in [4.78, 5) is 17.8.